The van der Waals surface area contributed by atoms with Crippen LogP contribution >= 0.6 is 45.2 Å². The molecule has 0 radical (unpaired) electrons. The number of rotatable bonds is 16. The molecular weight excluding hydrogens is 702 g/mol. The molecule has 0 atom stereocenters. The summed E-state index contributed by atoms with van der Waals surface area (Å²) in [5, 5.41) is 0. The molecule has 3 aromatic rings. The number of halogens is 2. The van der Waals surface area contributed by atoms with Gasteiger partial charge in [-0.25, -0.2) is 0 Å². The van der Waals surface area contributed by atoms with Crippen molar-refractivity contribution in [3.05, 3.63) is 95.6 Å². The van der Waals surface area contributed by atoms with Crippen LogP contribution < -0.4 is 4.74 Å². The molecule has 0 aliphatic rings. The second-order valence-electron chi connectivity index (χ2n) is 9.93. The molecule has 3 aromatic carbocycles. The fourth-order valence-corrected chi connectivity index (χ4v) is 5.69. The van der Waals surface area contributed by atoms with Crippen LogP contribution in [0.2, 0.25) is 0 Å². The molecule has 1 nitrogen and oxygen atoms in total. The second kappa shape index (κ2) is 18.3. The molecular formula is C36H40I2O. The zero-order valence-corrected chi connectivity index (χ0v) is 27.4. The van der Waals surface area contributed by atoms with Gasteiger partial charge in [0.05, 0.1) is 6.61 Å². The topological polar surface area (TPSA) is 9.23 Å². The van der Waals surface area contributed by atoms with Crippen LogP contribution in [0.3, 0.4) is 0 Å². The molecule has 0 bridgehead atoms. The first kappa shape index (κ1) is 31.5. The Kier molecular flexibility index (Phi) is 14.8. The summed E-state index contributed by atoms with van der Waals surface area (Å²) in [5.41, 5.74) is 5.64. The SMILES string of the molecule is C#Cc1ccc(/C=C/c2cc(I)c(/C=C/c3ccc(OCCCCCCCCCCCC)cc3)cc2I)cc1. The molecule has 3 rings (SSSR count). The number of terminal acetylenes is 1. The average Bonchev–Trinajstić information content (AvgIpc) is 2.96. The van der Waals surface area contributed by atoms with Gasteiger partial charge < -0.3 is 4.74 Å². The van der Waals surface area contributed by atoms with E-state index in [9.17, 15) is 0 Å². The number of benzene rings is 3. The summed E-state index contributed by atoms with van der Waals surface area (Å²) in [6, 6.07) is 20.9. The average molecular weight is 743 g/mol. The van der Waals surface area contributed by atoms with Crippen LogP contribution in [-0.2, 0) is 0 Å². The number of hydrogen-bond donors (Lipinski definition) is 0. The first-order chi connectivity index (χ1) is 19.1. The lowest BCUT2D eigenvalue weighted by Crippen LogP contribution is -1.97. The highest BCUT2D eigenvalue weighted by molar-refractivity contribution is 14.1. The monoisotopic (exact) mass is 742 g/mol. The van der Waals surface area contributed by atoms with E-state index in [1.165, 1.54) is 81.6 Å². The van der Waals surface area contributed by atoms with E-state index in [-0.39, 0.29) is 0 Å². The highest BCUT2D eigenvalue weighted by Gasteiger charge is 2.03. The molecule has 0 saturated carbocycles. The van der Waals surface area contributed by atoms with Gasteiger partial charge in [-0.15, -0.1) is 6.42 Å². The zero-order valence-electron chi connectivity index (χ0n) is 23.1. The van der Waals surface area contributed by atoms with Crippen molar-refractivity contribution in [2.75, 3.05) is 6.61 Å². The van der Waals surface area contributed by atoms with E-state index in [4.69, 9.17) is 11.2 Å². The van der Waals surface area contributed by atoms with Crippen molar-refractivity contribution in [2.24, 2.45) is 0 Å². The third-order valence-corrected chi connectivity index (χ3v) is 8.62. The minimum Gasteiger partial charge on any atom is -0.494 e. The first-order valence-corrected chi connectivity index (χ1v) is 16.4. The molecule has 3 heteroatoms. The smallest absolute Gasteiger partial charge is 0.119 e. The summed E-state index contributed by atoms with van der Waals surface area (Å²) < 4.78 is 8.42. The Morgan fingerprint density at radius 2 is 1.10 bits per heavy atom. The Bertz CT molecular complexity index is 1230. The predicted octanol–water partition coefficient (Wildman–Crippen LogP) is 11.5. The molecule has 39 heavy (non-hydrogen) atoms. The minimum atomic E-state index is 0.805. The van der Waals surface area contributed by atoms with Crippen LogP contribution in [0.25, 0.3) is 24.3 Å². The van der Waals surface area contributed by atoms with Crippen LogP contribution in [0, 0.1) is 19.5 Å². The van der Waals surface area contributed by atoms with Gasteiger partial charge in [0.25, 0.3) is 0 Å². The molecule has 0 N–H and O–H groups in total. The van der Waals surface area contributed by atoms with Gasteiger partial charge in [0.2, 0.25) is 0 Å². The van der Waals surface area contributed by atoms with Gasteiger partial charge >= 0.3 is 0 Å². The molecule has 0 fully saturated rings. The van der Waals surface area contributed by atoms with Gasteiger partial charge in [0.15, 0.2) is 0 Å². The van der Waals surface area contributed by atoms with Gasteiger partial charge in [-0.1, -0.05) is 119 Å². The van der Waals surface area contributed by atoms with Gasteiger partial charge in [0, 0.05) is 12.7 Å². The summed E-state index contributed by atoms with van der Waals surface area (Å²) in [5.74, 6) is 3.62. The third-order valence-electron chi connectivity index (χ3n) is 6.75. The normalized spacial score (nSPS) is 11.3. The van der Waals surface area contributed by atoms with Crippen molar-refractivity contribution in [3.8, 4) is 18.1 Å². The highest BCUT2D eigenvalue weighted by atomic mass is 127. The van der Waals surface area contributed by atoms with Gasteiger partial charge in [-0.2, -0.15) is 0 Å². The second-order valence-corrected chi connectivity index (χ2v) is 12.3. The standard InChI is InChI=1S/C36H40I2O/c1-3-5-6-7-8-9-10-11-12-13-26-39-34-24-20-31(21-25-34)19-23-33-28-35(37)32(27-36(33)38)22-18-30-16-14-29(4-2)15-17-30/h2,14-25,27-28H,3,5-13,26H2,1H3/b22-18+,23-19+. The first-order valence-electron chi connectivity index (χ1n) is 14.2. The molecule has 0 heterocycles. The summed E-state index contributed by atoms with van der Waals surface area (Å²) in [4.78, 5) is 0. The van der Waals surface area contributed by atoms with Crippen molar-refractivity contribution in [3.63, 3.8) is 0 Å². The third kappa shape index (κ3) is 11.9. The summed E-state index contributed by atoms with van der Waals surface area (Å²) in [6.45, 7) is 3.08. The number of ether oxygens (including phenoxy) is 1. The molecule has 0 aliphatic carbocycles. The summed E-state index contributed by atoms with van der Waals surface area (Å²) >= 11 is 4.83. The molecule has 0 aliphatic heterocycles. The fourth-order valence-electron chi connectivity index (χ4n) is 4.35. The number of hydrogen-bond acceptors (Lipinski definition) is 1. The predicted molar refractivity (Wildman–Crippen MR) is 188 cm³/mol. The van der Waals surface area contributed by atoms with Crippen LogP contribution in [0.5, 0.6) is 5.75 Å². The largest absolute Gasteiger partial charge is 0.494 e. The van der Waals surface area contributed by atoms with Crippen LogP contribution in [-0.4, -0.2) is 6.61 Å². The van der Waals surface area contributed by atoms with Crippen LogP contribution in [0.15, 0.2) is 60.7 Å². The van der Waals surface area contributed by atoms with E-state index in [1.54, 1.807) is 0 Å². The van der Waals surface area contributed by atoms with Crippen LogP contribution in [0.4, 0.5) is 0 Å². The Morgan fingerprint density at radius 3 is 1.59 bits per heavy atom. The lowest BCUT2D eigenvalue weighted by atomic mass is 10.1. The molecule has 0 amide bonds. The Hall–Kier alpha value is -2.04. The van der Waals surface area contributed by atoms with Gasteiger partial charge in [0.1, 0.15) is 5.75 Å². The highest BCUT2D eigenvalue weighted by Crippen LogP contribution is 2.25. The van der Waals surface area contributed by atoms with Crippen molar-refractivity contribution < 1.29 is 4.74 Å². The Morgan fingerprint density at radius 1 is 0.641 bits per heavy atom. The minimum absolute atomic E-state index is 0.805. The van der Waals surface area contributed by atoms with Crippen molar-refractivity contribution in [1.29, 1.82) is 0 Å². The van der Waals surface area contributed by atoms with Crippen molar-refractivity contribution in [2.45, 2.75) is 71.1 Å². The van der Waals surface area contributed by atoms with E-state index in [2.05, 4.69) is 131 Å². The van der Waals surface area contributed by atoms with E-state index < -0.39 is 0 Å². The zero-order chi connectivity index (χ0) is 27.7. The van der Waals surface area contributed by atoms with Crippen LogP contribution in [0.1, 0.15) is 98.9 Å². The molecule has 204 valence electrons. The van der Waals surface area contributed by atoms with Crippen molar-refractivity contribution in [1.82, 2.24) is 0 Å². The lowest BCUT2D eigenvalue weighted by molar-refractivity contribution is 0.304. The maximum atomic E-state index is 5.97. The maximum absolute atomic E-state index is 5.97. The summed E-state index contributed by atoms with van der Waals surface area (Å²) in [6.07, 6.45) is 27.5. The van der Waals surface area contributed by atoms with E-state index in [0.717, 1.165) is 29.9 Å². The summed E-state index contributed by atoms with van der Waals surface area (Å²) in [7, 11) is 0. The molecule has 0 unspecified atom stereocenters. The Labute approximate surface area is 263 Å². The van der Waals surface area contributed by atoms with Gasteiger partial charge in [-0.05, 0) is 110 Å². The quantitative estimate of drug-likeness (QED) is 0.0615. The van der Waals surface area contributed by atoms with Gasteiger partial charge in [-0.3, -0.25) is 0 Å². The Balaban J connectivity index is 1.42. The lowest BCUT2D eigenvalue weighted by Gasteiger charge is -2.07. The fraction of sp³-hybridized carbons (Fsp3) is 0.333. The molecule has 0 spiro atoms. The van der Waals surface area contributed by atoms with E-state index in [0.29, 0.717) is 0 Å². The number of unbranched alkanes of at least 4 members (excludes halogenated alkanes) is 9. The maximum Gasteiger partial charge on any atom is 0.119 e. The van der Waals surface area contributed by atoms with Crippen molar-refractivity contribution >= 4 is 69.5 Å². The van der Waals surface area contributed by atoms with E-state index >= 15 is 0 Å². The molecule has 0 aromatic heterocycles. The molecule has 0 saturated heterocycles. The van der Waals surface area contributed by atoms with E-state index in [1.807, 2.05) is 12.1 Å².